The maximum Gasteiger partial charge on any atom is 0.138 e. The Bertz CT molecular complexity index is 2800. The molecular weight excluding hydrogens is 651 g/mol. The van der Waals surface area contributed by atoms with Crippen molar-refractivity contribution in [3.63, 3.8) is 0 Å². The molecule has 4 nitrogen and oxygen atoms in total. The van der Waals surface area contributed by atoms with Gasteiger partial charge in [0.05, 0.1) is 0 Å². The van der Waals surface area contributed by atoms with Crippen molar-refractivity contribution >= 4 is 38.9 Å². The van der Waals surface area contributed by atoms with Gasteiger partial charge < -0.3 is 19.2 Å². The monoisotopic (exact) mass is 685 g/mol. The molecule has 254 valence electrons. The number of rotatable bonds is 5. The van der Waals surface area contributed by atoms with Gasteiger partial charge in [-0.3, -0.25) is 0 Å². The minimum absolute atomic E-state index is 0.254. The Labute approximate surface area is 308 Å². The summed E-state index contributed by atoms with van der Waals surface area (Å²) in [6, 6.07) is 43.1. The molecule has 0 fully saturated rings. The predicted molar refractivity (Wildman–Crippen MR) is 216 cm³/mol. The van der Waals surface area contributed by atoms with Gasteiger partial charge >= 0.3 is 0 Å². The molecule has 0 radical (unpaired) electrons. The van der Waals surface area contributed by atoms with Crippen LogP contribution >= 0.6 is 0 Å². The van der Waals surface area contributed by atoms with Crippen molar-refractivity contribution in [1.82, 2.24) is 0 Å². The van der Waals surface area contributed by atoms with Crippen LogP contribution in [0.25, 0.3) is 60.9 Å². The number of para-hydroxylation sites is 4. The van der Waals surface area contributed by atoms with E-state index in [4.69, 9.17) is 13.9 Å². The second-order valence-corrected chi connectivity index (χ2v) is 14.6. The van der Waals surface area contributed by atoms with Crippen LogP contribution in [0, 0.1) is 0 Å². The number of hydrogen-bond donors (Lipinski definition) is 1. The van der Waals surface area contributed by atoms with Gasteiger partial charge in [-0.25, -0.2) is 0 Å². The van der Waals surface area contributed by atoms with Crippen LogP contribution < -0.4 is 14.8 Å². The van der Waals surface area contributed by atoms with Gasteiger partial charge in [0.15, 0.2) is 0 Å². The first-order valence-corrected chi connectivity index (χ1v) is 18.4. The molecule has 0 bridgehead atoms. The molecule has 0 spiro atoms. The average Bonchev–Trinajstić information content (AvgIpc) is 3.86. The highest BCUT2D eigenvalue weighted by atomic mass is 16.5. The van der Waals surface area contributed by atoms with E-state index in [1.807, 2.05) is 12.1 Å². The Morgan fingerprint density at radius 2 is 1.38 bits per heavy atom. The maximum absolute atomic E-state index is 6.88. The molecular formula is C49H35NO3. The summed E-state index contributed by atoms with van der Waals surface area (Å²) >= 11 is 0. The van der Waals surface area contributed by atoms with Gasteiger partial charge in [0.1, 0.15) is 34.0 Å². The number of ether oxygens (including phenoxy) is 2. The first-order valence-electron chi connectivity index (χ1n) is 18.4. The van der Waals surface area contributed by atoms with E-state index in [9.17, 15) is 0 Å². The lowest BCUT2D eigenvalue weighted by atomic mass is 9.85. The lowest BCUT2D eigenvalue weighted by molar-refractivity contribution is 0.171. The topological polar surface area (TPSA) is 43.6 Å². The molecule has 6 aromatic carbocycles. The van der Waals surface area contributed by atoms with Gasteiger partial charge in [-0.15, -0.1) is 0 Å². The zero-order valence-corrected chi connectivity index (χ0v) is 29.2. The van der Waals surface area contributed by atoms with Crippen LogP contribution in [-0.2, 0) is 0 Å². The Morgan fingerprint density at radius 1 is 0.623 bits per heavy atom. The molecule has 2 unspecified atom stereocenters. The summed E-state index contributed by atoms with van der Waals surface area (Å²) in [4.78, 5) is 0. The Morgan fingerprint density at radius 3 is 2.30 bits per heavy atom. The number of furan rings is 1. The first kappa shape index (κ1) is 30.1. The summed E-state index contributed by atoms with van der Waals surface area (Å²) in [5.74, 6) is 3.16. The van der Waals surface area contributed by atoms with Crippen molar-refractivity contribution in [2.75, 3.05) is 5.32 Å². The van der Waals surface area contributed by atoms with Crippen molar-refractivity contribution < 1.29 is 13.9 Å². The molecule has 2 aliphatic heterocycles. The average molecular weight is 686 g/mol. The summed E-state index contributed by atoms with van der Waals surface area (Å²) in [6.45, 7) is 2.20. The summed E-state index contributed by atoms with van der Waals surface area (Å²) < 4.78 is 19.7. The maximum atomic E-state index is 6.88. The molecule has 7 aromatic rings. The standard InChI is InChI=1S/C49H35NO3/c1-49-25-9-8-19-42(49)40-18-11-16-36(48(40)53-49)32-26-31(35-15-10-17-39-37-13-3-7-22-45(37)52-47(35)39)27-33(28-32)50-43-20-5-2-12-34(43)30-23-24-46-41(29-30)38-14-4-6-21-44(38)51-46/h2-12,14-24,26-29,37,50H,13,25H2,1H3. The summed E-state index contributed by atoms with van der Waals surface area (Å²) in [5, 5.41) is 6.09. The molecule has 4 aliphatic rings. The number of allylic oxidation sites excluding steroid dienone is 6. The molecule has 2 atom stereocenters. The van der Waals surface area contributed by atoms with Gasteiger partial charge in [0, 0.05) is 67.9 Å². The van der Waals surface area contributed by atoms with Gasteiger partial charge in [-0.05, 0) is 78.6 Å². The first-order chi connectivity index (χ1) is 26.1. The molecule has 53 heavy (non-hydrogen) atoms. The van der Waals surface area contributed by atoms with Crippen molar-refractivity contribution in [1.29, 1.82) is 0 Å². The van der Waals surface area contributed by atoms with E-state index in [0.29, 0.717) is 0 Å². The smallest absolute Gasteiger partial charge is 0.138 e. The Balaban J connectivity index is 1.06. The predicted octanol–water partition coefficient (Wildman–Crippen LogP) is 13.1. The second kappa shape index (κ2) is 11.5. The van der Waals surface area contributed by atoms with Crippen LogP contribution in [0.3, 0.4) is 0 Å². The van der Waals surface area contributed by atoms with E-state index in [1.165, 1.54) is 11.1 Å². The van der Waals surface area contributed by atoms with Crippen LogP contribution in [0.4, 0.5) is 11.4 Å². The zero-order chi connectivity index (χ0) is 35.1. The number of benzene rings is 6. The van der Waals surface area contributed by atoms with Gasteiger partial charge in [-0.2, -0.15) is 0 Å². The molecule has 4 heteroatoms. The molecule has 1 aromatic heterocycles. The van der Waals surface area contributed by atoms with E-state index in [2.05, 4.69) is 158 Å². The zero-order valence-electron chi connectivity index (χ0n) is 29.2. The minimum Gasteiger partial charge on any atom is -0.481 e. The summed E-state index contributed by atoms with van der Waals surface area (Å²) in [6.07, 6.45) is 14.8. The van der Waals surface area contributed by atoms with Crippen molar-refractivity contribution in [3.8, 4) is 44.9 Å². The largest absolute Gasteiger partial charge is 0.481 e. The third-order valence-electron chi connectivity index (χ3n) is 11.3. The fourth-order valence-corrected chi connectivity index (χ4v) is 8.71. The van der Waals surface area contributed by atoms with Gasteiger partial charge in [-0.1, -0.05) is 109 Å². The van der Waals surface area contributed by atoms with Crippen LogP contribution in [0.2, 0.25) is 0 Å². The molecule has 0 saturated heterocycles. The number of hydrogen-bond acceptors (Lipinski definition) is 4. The van der Waals surface area contributed by atoms with Crippen molar-refractivity contribution in [2.24, 2.45) is 0 Å². The van der Waals surface area contributed by atoms with E-state index >= 15 is 0 Å². The number of fused-ring (bicyclic) bond motifs is 9. The van der Waals surface area contributed by atoms with Crippen LogP contribution in [-0.4, -0.2) is 5.60 Å². The quantitative estimate of drug-likeness (QED) is 0.196. The highest BCUT2D eigenvalue weighted by Gasteiger charge is 2.41. The van der Waals surface area contributed by atoms with Gasteiger partial charge in [0.2, 0.25) is 0 Å². The van der Waals surface area contributed by atoms with E-state index in [0.717, 1.165) is 102 Å². The fourth-order valence-electron chi connectivity index (χ4n) is 8.71. The molecule has 1 N–H and O–H groups in total. The normalized spacial score (nSPS) is 19.2. The molecule has 3 heterocycles. The highest BCUT2D eigenvalue weighted by molar-refractivity contribution is 6.06. The lowest BCUT2D eigenvalue weighted by Gasteiger charge is -2.26. The Hall–Kier alpha value is -6.52. The van der Waals surface area contributed by atoms with Crippen molar-refractivity contribution in [2.45, 2.75) is 31.3 Å². The van der Waals surface area contributed by atoms with E-state index in [1.54, 1.807) is 0 Å². The second-order valence-electron chi connectivity index (χ2n) is 14.6. The molecule has 0 amide bonds. The van der Waals surface area contributed by atoms with Crippen LogP contribution in [0.5, 0.6) is 11.5 Å². The SMILES string of the molecule is CC12CC=CC=C1c1cccc(-c3cc(Nc4ccccc4-c4ccc5oc6ccccc6c5c4)cc(-c4cccc5c4OC4=CC=CCC45)c3)c1O2. The summed E-state index contributed by atoms with van der Waals surface area (Å²) in [7, 11) is 0. The number of nitrogens with one attached hydrogen (secondary N) is 1. The van der Waals surface area contributed by atoms with E-state index in [-0.39, 0.29) is 11.5 Å². The highest BCUT2D eigenvalue weighted by Crippen LogP contribution is 2.53. The molecule has 2 aliphatic carbocycles. The third-order valence-corrected chi connectivity index (χ3v) is 11.3. The lowest BCUT2D eigenvalue weighted by Crippen LogP contribution is -2.29. The number of anilines is 2. The molecule has 0 saturated carbocycles. The van der Waals surface area contributed by atoms with E-state index < -0.39 is 0 Å². The third kappa shape index (κ3) is 4.75. The van der Waals surface area contributed by atoms with Crippen LogP contribution in [0.15, 0.2) is 168 Å². The molecule has 11 rings (SSSR count). The van der Waals surface area contributed by atoms with Crippen molar-refractivity contribution in [3.05, 3.63) is 175 Å². The van der Waals surface area contributed by atoms with Crippen LogP contribution in [0.1, 0.15) is 36.8 Å². The van der Waals surface area contributed by atoms with Gasteiger partial charge in [0.25, 0.3) is 0 Å². The summed E-state index contributed by atoms with van der Waals surface area (Å²) in [5.41, 5.74) is 13.6. The fraction of sp³-hybridized carbons (Fsp3) is 0.102. The Kier molecular flexibility index (Phi) is 6.54. The minimum atomic E-state index is -0.377.